The Hall–Kier alpha value is -3.59. The minimum Gasteiger partial charge on any atom is -0.493 e. The number of H-pyrrole nitrogens is 1. The Labute approximate surface area is 178 Å². The van der Waals surface area contributed by atoms with Gasteiger partial charge in [-0.15, -0.1) is 0 Å². The van der Waals surface area contributed by atoms with Gasteiger partial charge in [-0.2, -0.15) is 0 Å². The quantitative estimate of drug-likeness (QED) is 0.415. The second kappa shape index (κ2) is 9.27. The monoisotopic (exact) mass is 426 g/mol. The Balaban J connectivity index is 1.73. The molecule has 1 aromatic heterocycles. The van der Waals surface area contributed by atoms with Crippen molar-refractivity contribution in [3.8, 4) is 17.2 Å². The van der Waals surface area contributed by atoms with Crippen molar-refractivity contribution in [2.75, 3.05) is 7.11 Å². The molecule has 0 saturated heterocycles. The second-order valence-corrected chi connectivity index (χ2v) is 6.98. The number of imidazole rings is 1. The summed E-state index contributed by atoms with van der Waals surface area (Å²) in [6, 6.07) is 14.0. The number of carbonyl (C=O) groups excluding carboxylic acids is 2. The lowest BCUT2D eigenvalue weighted by Gasteiger charge is -2.14. The highest BCUT2D eigenvalue weighted by atomic mass is 32.1. The van der Waals surface area contributed by atoms with Crippen LogP contribution in [0.15, 0.2) is 54.7 Å². The van der Waals surface area contributed by atoms with Crippen molar-refractivity contribution in [1.82, 2.24) is 20.4 Å². The Morgan fingerprint density at radius 1 is 1.03 bits per heavy atom. The van der Waals surface area contributed by atoms with Crippen molar-refractivity contribution >= 4 is 24.0 Å². The number of benzene rings is 2. The molecule has 0 bridgehead atoms. The maximum atomic E-state index is 12.6. The summed E-state index contributed by atoms with van der Waals surface area (Å²) in [4.78, 5) is 28.0. The molecule has 1 heterocycles. The van der Waals surface area contributed by atoms with E-state index in [1.807, 2.05) is 44.2 Å². The summed E-state index contributed by atoms with van der Waals surface area (Å²) in [6.45, 7) is 3.79. The Bertz CT molecular complexity index is 1110. The van der Waals surface area contributed by atoms with Gasteiger partial charge in [0.2, 0.25) is 0 Å². The fourth-order valence-electron chi connectivity index (χ4n) is 2.78. The fraction of sp³-hybridized carbons (Fsp3) is 0.190. The van der Waals surface area contributed by atoms with E-state index < -0.39 is 11.8 Å². The Morgan fingerprint density at radius 3 is 2.40 bits per heavy atom. The van der Waals surface area contributed by atoms with E-state index in [1.165, 1.54) is 13.3 Å². The zero-order chi connectivity index (χ0) is 21.7. The van der Waals surface area contributed by atoms with Crippen molar-refractivity contribution in [2.45, 2.75) is 20.0 Å². The predicted octanol–water partition coefficient (Wildman–Crippen LogP) is 3.41. The van der Waals surface area contributed by atoms with Crippen LogP contribution in [0.1, 0.15) is 34.7 Å². The van der Waals surface area contributed by atoms with Gasteiger partial charge < -0.3 is 14.5 Å². The van der Waals surface area contributed by atoms with E-state index >= 15 is 0 Å². The second-order valence-electron chi connectivity index (χ2n) is 6.59. The Kier molecular flexibility index (Phi) is 6.53. The number of carbonyl (C=O) groups is 2. The first-order valence-electron chi connectivity index (χ1n) is 9.22. The van der Waals surface area contributed by atoms with Crippen LogP contribution in [0.2, 0.25) is 0 Å². The molecule has 9 heteroatoms. The molecule has 156 valence electrons. The van der Waals surface area contributed by atoms with Crippen LogP contribution in [0.4, 0.5) is 0 Å². The molecule has 0 aliphatic heterocycles. The number of hydrogen-bond donors (Lipinski definition) is 3. The summed E-state index contributed by atoms with van der Waals surface area (Å²) in [7, 11) is 1.49. The summed E-state index contributed by atoms with van der Waals surface area (Å²) in [5, 5.41) is 0. The minimum absolute atomic E-state index is 0.0372. The highest BCUT2D eigenvalue weighted by Crippen LogP contribution is 2.28. The third kappa shape index (κ3) is 4.69. The van der Waals surface area contributed by atoms with Crippen molar-refractivity contribution in [1.29, 1.82) is 0 Å². The molecule has 3 aromatic rings. The Morgan fingerprint density at radius 2 is 1.73 bits per heavy atom. The average Bonchev–Trinajstić information content (AvgIpc) is 3.13. The van der Waals surface area contributed by atoms with E-state index in [9.17, 15) is 9.59 Å². The van der Waals surface area contributed by atoms with Gasteiger partial charge in [-0.05, 0) is 56.4 Å². The predicted molar refractivity (Wildman–Crippen MR) is 115 cm³/mol. The summed E-state index contributed by atoms with van der Waals surface area (Å²) in [6.07, 6.45) is 1.45. The molecule has 0 unspecified atom stereocenters. The number of hydrazine groups is 1. The lowest BCUT2D eigenvalue weighted by atomic mass is 10.2. The third-order valence-corrected chi connectivity index (χ3v) is 4.40. The fourth-order valence-corrected chi connectivity index (χ4v) is 3.04. The molecule has 0 fully saturated rings. The minimum atomic E-state index is -0.522. The topological polar surface area (TPSA) is 97.4 Å². The SMILES string of the molecule is COc1cc(C(=O)NNC(=O)c2c[nH]c(=S)n2-c2ccccc2)ccc1OC(C)C. The van der Waals surface area contributed by atoms with E-state index in [2.05, 4.69) is 15.8 Å². The van der Waals surface area contributed by atoms with Gasteiger partial charge in [0.15, 0.2) is 16.3 Å². The van der Waals surface area contributed by atoms with Crippen LogP contribution in [-0.4, -0.2) is 34.6 Å². The van der Waals surface area contributed by atoms with Crippen molar-refractivity contribution in [3.63, 3.8) is 0 Å². The molecule has 3 rings (SSSR count). The van der Waals surface area contributed by atoms with Gasteiger partial charge >= 0.3 is 0 Å². The van der Waals surface area contributed by atoms with Crippen LogP contribution in [0.5, 0.6) is 11.5 Å². The van der Waals surface area contributed by atoms with Crippen molar-refractivity contribution in [2.24, 2.45) is 0 Å². The van der Waals surface area contributed by atoms with Gasteiger partial charge in [0.1, 0.15) is 5.69 Å². The molecule has 0 spiro atoms. The molecular formula is C21H22N4O4S. The van der Waals surface area contributed by atoms with E-state index in [-0.39, 0.29) is 11.8 Å². The number of rotatable bonds is 6. The number of para-hydroxylation sites is 1. The standard InChI is InChI=1S/C21H22N4O4S/c1-13(2)29-17-10-9-14(11-18(17)28-3)19(26)23-24-20(27)16-12-22-21(30)25(16)15-7-5-4-6-8-15/h4-13H,1-3H3,(H,22,30)(H,23,26)(H,24,27). The van der Waals surface area contributed by atoms with Crippen LogP contribution >= 0.6 is 12.2 Å². The molecule has 3 N–H and O–H groups in total. The first-order chi connectivity index (χ1) is 14.4. The lowest BCUT2D eigenvalue weighted by Crippen LogP contribution is -2.42. The summed E-state index contributed by atoms with van der Waals surface area (Å²) < 4.78 is 12.9. The van der Waals surface area contributed by atoms with Gasteiger partial charge in [0.25, 0.3) is 11.8 Å². The molecule has 0 radical (unpaired) electrons. The van der Waals surface area contributed by atoms with E-state index in [1.54, 1.807) is 22.8 Å². The first kappa shape index (κ1) is 21.1. The first-order valence-corrected chi connectivity index (χ1v) is 9.62. The number of amides is 2. The highest BCUT2D eigenvalue weighted by Gasteiger charge is 2.17. The van der Waals surface area contributed by atoms with Gasteiger partial charge in [-0.3, -0.25) is 25.0 Å². The van der Waals surface area contributed by atoms with Gasteiger partial charge in [-0.1, -0.05) is 18.2 Å². The van der Waals surface area contributed by atoms with Crippen molar-refractivity contribution < 1.29 is 19.1 Å². The van der Waals surface area contributed by atoms with Crippen LogP contribution in [0, 0.1) is 4.77 Å². The van der Waals surface area contributed by atoms with Gasteiger partial charge in [0.05, 0.1) is 13.2 Å². The molecule has 30 heavy (non-hydrogen) atoms. The molecule has 2 amide bonds. The van der Waals surface area contributed by atoms with Crippen LogP contribution in [0.3, 0.4) is 0 Å². The van der Waals surface area contributed by atoms with Crippen LogP contribution < -0.4 is 20.3 Å². The number of aromatic nitrogens is 2. The molecular weight excluding hydrogens is 404 g/mol. The maximum absolute atomic E-state index is 12.6. The van der Waals surface area contributed by atoms with Gasteiger partial charge in [-0.25, -0.2) is 0 Å². The molecule has 0 aliphatic rings. The average molecular weight is 426 g/mol. The van der Waals surface area contributed by atoms with E-state index in [0.717, 1.165) is 5.69 Å². The zero-order valence-corrected chi connectivity index (χ0v) is 17.6. The largest absolute Gasteiger partial charge is 0.493 e. The molecule has 2 aromatic carbocycles. The van der Waals surface area contributed by atoms with E-state index in [4.69, 9.17) is 21.7 Å². The summed E-state index contributed by atoms with van der Waals surface area (Å²) in [5.74, 6) is -0.0716. The number of ether oxygens (including phenoxy) is 2. The summed E-state index contributed by atoms with van der Waals surface area (Å²) in [5.41, 5.74) is 6.09. The summed E-state index contributed by atoms with van der Waals surface area (Å²) >= 11 is 5.27. The molecule has 0 saturated carbocycles. The highest BCUT2D eigenvalue weighted by molar-refractivity contribution is 7.71. The zero-order valence-electron chi connectivity index (χ0n) is 16.8. The van der Waals surface area contributed by atoms with Crippen LogP contribution in [-0.2, 0) is 0 Å². The number of aromatic amines is 1. The lowest BCUT2D eigenvalue weighted by molar-refractivity contribution is 0.0842. The van der Waals surface area contributed by atoms with Crippen molar-refractivity contribution in [3.05, 3.63) is 70.8 Å². The molecule has 0 atom stereocenters. The van der Waals surface area contributed by atoms with Crippen LogP contribution in [0.25, 0.3) is 5.69 Å². The van der Waals surface area contributed by atoms with E-state index in [0.29, 0.717) is 21.8 Å². The van der Waals surface area contributed by atoms with Gasteiger partial charge in [0, 0.05) is 17.4 Å². The number of nitrogens with one attached hydrogen (secondary N) is 3. The number of nitrogens with zero attached hydrogens (tertiary/aromatic N) is 1. The normalized spacial score (nSPS) is 10.5. The molecule has 0 aliphatic carbocycles. The number of methoxy groups -OCH3 is 1. The number of hydrogen-bond acceptors (Lipinski definition) is 5. The third-order valence-electron chi connectivity index (χ3n) is 4.10. The smallest absolute Gasteiger partial charge is 0.288 e. The maximum Gasteiger partial charge on any atom is 0.288 e. The molecule has 8 nitrogen and oxygen atoms in total.